The molecular formula is C15H20N4O2. The molecule has 0 aliphatic heterocycles. The lowest BCUT2D eigenvalue weighted by Crippen LogP contribution is -2.37. The Hall–Kier alpha value is -2.21. The van der Waals surface area contributed by atoms with E-state index < -0.39 is 4.92 Å². The number of non-ortho nitro benzene ring substituents is 1. The van der Waals surface area contributed by atoms with Gasteiger partial charge >= 0.3 is 0 Å². The van der Waals surface area contributed by atoms with Crippen LogP contribution in [-0.4, -0.2) is 27.0 Å². The lowest BCUT2D eigenvalue weighted by molar-refractivity contribution is -0.384. The summed E-state index contributed by atoms with van der Waals surface area (Å²) in [6.45, 7) is 7.17. The number of aromatic amines is 1. The highest BCUT2D eigenvalue weighted by Crippen LogP contribution is 2.22. The maximum Gasteiger partial charge on any atom is 0.270 e. The summed E-state index contributed by atoms with van der Waals surface area (Å²) >= 11 is 0. The zero-order valence-corrected chi connectivity index (χ0v) is 12.5. The zero-order valence-electron chi connectivity index (χ0n) is 12.5. The molecule has 1 aromatic carbocycles. The molecule has 0 saturated heterocycles. The second-order valence-corrected chi connectivity index (χ2v) is 5.98. The minimum Gasteiger partial charge on any atom is -0.342 e. The Labute approximate surface area is 123 Å². The molecule has 1 heterocycles. The van der Waals surface area contributed by atoms with Crippen LogP contribution >= 0.6 is 0 Å². The van der Waals surface area contributed by atoms with Gasteiger partial charge in [0, 0.05) is 36.2 Å². The van der Waals surface area contributed by atoms with Gasteiger partial charge < -0.3 is 10.3 Å². The van der Waals surface area contributed by atoms with Crippen molar-refractivity contribution in [2.75, 3.05) is 6.54 Å². The number of H-pyrrole nitrogens is 1. The molecule has 112 valence electrons. The van der Waals surface area contributed by atoms with Gasteiger partial charge in [0.25, 0.3) is 5.69 Å². The molecule has 2 rings (SSSR count). The van der Waals surface area contributed by atoms with Crippen molar-refractivity contribution in [3.63, 3.8) is 0 Å². The summed E-state index contributed by atoms with van der Waals surface area (Å²) in [6.07, 6.45) is 2.50. The number of aromatic nitrogens is 2. The first kappa shape index (κ1) is 15.2. The van der Waals surface area contributed by atoms with Crippen molar-refractivity contribution in [2.45, 2.75) is 32.7 Å². The van der Waals surface area contributed by atoms with Crippen LogP contribution in [0.1, 0.15) is 26.6 Å². The van der Waals surface area contributed by atoms with E-state index in [9.17, 15) is 10.1 Å². The molecule has 6 nitrogen and oxygen atoms in total. The number of nitrogens with zero attached hydrogens (tertiary/aromatic N) is 2. The van der Waals surface area contributed by atoms with Gasteiger partial charge in [0.1, 0.15) is 5.82 Å². The van der Waals surface area contributed by atoms with Crippen LogP contribution < -0.4 is 5.32 Å². The minimum absolute atomic E-state index is 0.0788. The Morgan fingerprint density at radius 3 is 2.81 bits per heavy atom. The molecule has 0 atom stereocenters. The van der Waals surface area contributed by atoms with E-state index in [1.54, 1.807) is 18.3 Å². The third-order valence-corrected chi connectivity index (χ3v) is 3.01. The zero-order chi connectivity index (χ0) is 15.5. The molecule has 0 spiro atoms. The SMILES string of the molecule is CC(C)(C)NCCc1ncc(-c2cccc([N+](=O)[O-])c2)[nH]1. The van der Waals surface area contributed by atoms with E-state index >= 15 is 0 Å². The molecule has 0 amide bonds. The van der Waals surface area contributed by atoms with E-state index in [1.165, 1.54) is 6.07 Å². The summed E-state index contributed by atoms with van der Waals surface area (Å²) in [7, 11) is 0. The fourth-order valence-electron chi connectivity index (χ4n) is 1.98. The largest absolute Gasteiger partial charge is 0.342 e. The number of benzene rings is 1. The van der Waals surface area contributed by atoms with Crippen molar-refractivity contribution in [3.8, 4) is 11.3 Å². The highest BCUT2D eigenvalue weighted by atomic mass is 16.6. The van der Waals surface area contributed by atoms with Crippen LogP contribution in [0.25, 0.3) is 11.3 Å². The van der Waals surface area contributed by atoms with Crippen LogP contribution in [0.4, 0.5) is 5.69 Å². The summed E-state index contributed by atoms with van der Waals surface area (Å²) in [4.78, 5) is 17.9. The molecule has 0 radical (unpaired) electrons. The minimum atomic E-state index is -0.395. The van der Waals surface area contributed by atoms with Gasteiger partial charge in [-0.2, -0.15) is 0 Å². The van der Waals surface area contributed by atoms with Gasteiger partial charge in [0.05, 0.1) is 16.8 Å². The van der Waals surface area contributed by atoms with Crippen LogP contribution in [-0.2, 0) is 6.42 Å². The van der Waals surface area contributed by atoms with E-state index in [4.69, 9.17) is 0 Å². The van der Waals surface area contributed by atoms with Crippen LogP contribution in [0.2, 0.25) is 0 Å². The van der Waals surface area contributed by atoms with Gasteiger partial charge in [-0.1, -0.05) is 12.1 Å². The number of imidazole rings is 1. The maximum absolute atomic E-state index is 10.8. The first-order chi connectivity index (χ1) is 9.85. The second-order valence-electron chi connectivity index (χ2n) is 5.98. The van der Waals surface area contributed by atoms with Gasteiger partial charge in [-0.15, -0.1) is 0 Å². The van der Waals surface area contributed by atoms with Gasteiger partial charge in [0.15, 0.2) is 0 Å². The highest BCUT2D eigenvalue weighted by Gasteiger charge is 2.11. The molecule has 0 saturated carbocycles. The molecule has 1 aromatic heterocycles. The molecule has 2 aromatic rings. The Morgan fingerprint density at radius 1 is 1.38 bits per heavy atom. The second kappa shape index (κ2) is 6.05. The summed E-state index contributed by atoms with van der Waals surface area (Å²) in [5.41, 5.74) is 1.73. The summed E-state index contributed by atoms with van der Waals surface area (Å²) in [6, 6.07) is 6.53. The van der Waals surface area contributed by atoms with Crippen LogP contribution in [0, 0.1) is 10.1 Å². The Morgan fingerprint density at radius 2 is 2.14 bits per heavy atom. The average molecular weight is 288 g/mol. The molecule has 21 heavy (non-hydrogen) atoms. The summed E-state index contributed by atoms with van der Waals surface area (Å²) in [5.74, 6) is 0.869. The highest BCUT2D eigenvalue weighted by molar-refractivity contribution is 5.61. The van der Waals surface area contributed by atoms with Crippen molar-refractivity contribution < 1.29 is 4.92 Å². The van der Waals surface area contributed by atoms with E-state index in [0.717, 1.165) is 30.0 Å². The fraction of sp³-hybridized carbons (Fsp3) is 0.400. The lowest BCUT2D eigenvalue weighted by atomic mass is 10.1. The number of nitro benzene ring substituents is 1. The molecule has 0 unspecified atom stereocenters. The van der Waals surface area contributed by atoms with Crippen molar-refractivity contribution in [1.29, 1.82) is 0 Å². The molecule has 0 fully saturated rings. The quantitative estimate of drug-likeness (QED) is 0.654. The van der Waals surface area contributed by atoms with E-state index in [0.29, 0.717) is 0 Å². The number of nitro groups is 1. The molecular weight excluding hydrogens is 268 g/mol. The number of rotatable bonds is 5. The van der Waals surface area contributed by atoms with Crippen LogP contribution in [0.5, 0.6) is 0 Å². The Bertz CT molecular complexity index is 629. The predicted octanol–water partition coefficient (Wildman–Crippen LogP) is 2.92. The first-order valence-electron chi connectivity index (χ1n) is 6.89. The molecule has 0 aliphatic rings. The van der Waals surface area contributed by atoms with E-state index in [1.807, 2.05) is 6.07 Å². The Kier molecular flexibility index (Phi) is 4.37. The number of hydrogen-bond donors (Lipinski definition) is 2. The molecule has 6 heteroatoms. The smallest absolute Gasteiger partial charge is 0.270 e. The first-order valence-corrected chi connectivity index (χ1v) is 6.89. The lowest BCUT2D eigenvalue weighted by Gasteiger charge is -2.19. The van der Waals surface area contributed by atoms with Gasteiger partial charge in [-0.05, 0) is 20.8 Å². The number of nitrogens with one attached hydrogen (secondary N) is 2. The third kappa shape index (κ3) is 4.39. The van der Waals surface area contributed by atoms with E-state index in [-0.39, 0.29) is 11.2 Å². The topological polar surface area (TPSA) is 83.8 Å². The molecule has 0 bridgehead atoms. The van der Waals surface area contributed by atoms with Crippen LogP contribution in [0.3, 0.4) is 0 Å². The standard InChI is InChI=1S/C15H20N4O2/c1-15(2,3)17-8-7-14-16-10-13(18-14)11-5-4-6-12(9-11)19(20)21/h4-6,9-10,17H,7-8H2,1-3H3,(H,16,18). The fourth-order valence-corrected chi connectivity index (χ4v) is 1.98. The molecule has 2 N–H and O–H groups in total. The predicted molar refractivity (Wildman–Crippen MR) is 82.1 cm³/mol. The van der Waals surface area contributed by atoms with Crippen molar-refractivity contribution in [3.05, 3.63) is 46.4 Å². The number of hydrogen-bond acceptors (Lipinski definition) is 4. The normalized spacial score (nSPS) is 11.6. The monoisotopic (exact) mass is 288 g/mol. The summed E-state index contributed by atoms with van der Waals surface area (Å²) in [5, 5.41) is 14.2. The Balaban J connectivity index is 2.06. The van der Waals surface area contributed by atoms with Crippen molar-refractivity contribution in [1.82, 2.24) is 15.3 Å². The maximum atomic E-state index is 10.8. The van der Waals surface area contributed by atoms with E-state index in [2.05, 4.69) is 36.1 Å². The van der Waals surface area contributed by atoms with Crippen molar-refractivity contribution >= 4 is 5.69 Å². The summed E-state index contributed by atoms with van der Waals surface area (Å²) < 4.78 is 0. The van der Waals surface area contributed by atoms with Gasteiger partial charge in [0.2, 0.25) is 0 Å². The average Bonchev–Trinajstić information content (AvgIpc) is 2.86. The van der Waals surface area contributed by atoms with Gasteiger partial charge in [-0.3, -0.25) is 10.1 Å². The van der Waals surface area contributed by atoms with Gasteiger partial charge in [-0.25, -0.2) is 4.98 Å². The van der Waals surface area contributed by atoms with Crippen molar-refractivity contribution in [2.24, 2.45) is 0 Å². The third-order valence-electron chi connectivity index (χ3n) is 3.01. The molecule has 0 aliphatic carbocycles. The van der Waals surface area contributed by atoms with Crippen LogP contribution in [0.15, 0.2) is 30.5 Å².